The Labute approximate surface area is 170 Å². The lowest BCUT2D eigenvalue weighted by molar-refractivity contribution is -0.143. The summed E-state index contributed by atoms with van der Waals surface area (Å²) in [4.78, 5) is 28.1. The second-order valence-electron chi connectivity index (χ2n) is 7.80. The Bertz CT molecular complexity index is 965. The Morgan fingerprint density at radius 1 is 1.03 bits per heavy atom. The number of aryl methyl sites for hydroxylation is 1. The van der Waals surface area contributed by atoms with Crippen molar-refractivity contribution >= 4 is 17.5 Å². The Kier molecular flexibility index (Phi) is 4.94. The van der Waals surface area contributed by atoms with Crippen LogP contribution < -0.4 is 14.8 Å². The number of hydrogen-bond donors (Lipinski definition) is 1. The van der Waals surface area contributed by atoms with Crippen LogP contribution in [-0.4, -0.2) is 37.5 Å². The number of nitrogens with one attached hydrogen (secondary N) is 1. The zero-order chi connectivity index (χ0) is 20.6. The molecule has 2 aromatic carbocycles. The average Bonchev–Trinajstić information content (AvgIpc) is 3.55. The molecule has 0 radical (unpaired) electrons. The van der Waals surface area contributed by atoms with Gasteiger partial charge in [-0.05, 0) is 61.1 Å². The van der Waals surface area contributed by atoms with Gasteiger partial charge in [0.15, 0.2) is 11.5 Å². The van der Waals surface area contributed by atoms with Gasteiger partial charge in [-0.1, -0.05) is 18.2 Å². The summed E-state index contributed by atoms with van der Waals surface area (Å²) in [5.41, 5.74) is 3.00. The van der Waals surface area contributed by atoms with Crippen LogP contribution in [0.1, 0.15) is 29.5 Å². The molecule has 2 amide bonds. The molecule has 1 N–H and O–H groups in total. The van der Waals surface area contributed by atoms with E-state index in [4.69, 9.17) is 9.47 Å². The van der Waals surface area contributed by atoms with Gasteiger partial charge in [-0.3, -0.25) is 9.59 Å². The number of para-hydroxylation sites is 1. The summed E-state index contributed by atoms with van der Waals surface area (Å²) in [5, 5.41) is 2.96. The molecular formula is C23H26N2O4. The van der Waals surface area contributed by atoms with Crippen molar-refractivity contribution in [2.45, 2.75) is 32.7 Å². The van der Waals surface area contributed by atoms with E-state index in [9.17, 15) is 9.59 Å². The molecular weight excluding hydrogens is 368 g/mol. The Morgan fingerprint density at radius 2 is 1.69 bits per heavy atom. The maximum atomic E-state index is 13.3. The fraction of sp³-hybridized carbons (Fsp3) is 0.391. The van der Waals surface area contributed by atoms with Crippen molar-refractivity contribution in [2.24, 2.45) is 5.41 Å². The van der Waals surface area contributed by atoms with Crippen LogP contribution in [0.15, 0.2) is 36.4 Å². The highest BCUT2D eigenvalue weighted by Crippen LogP contribution is 2.49. The van der Waals surface area contributed by atoms with Gasteiger partial charge in [-0.15, -0.1) is 0 Å². The average molecular weight is 394 g/mol. The highest BCUT2D eigenvalue weighted by molar-refractivity contribution is 6.13. The lowest BCUT2D eigenvalue weighted by Gasteiger charge is -2.32. The fourth-order valence-electron chi connectivity index (χ4n) is 3.98. The molecule has 0 unspecified atom stereocenters. The fourth-order valence-corrected chi connectivity index (χ4v) is 3.98. The van der Waals surface area contributed by atoms with Crippen LogP contribution in [0.3, 0.4) is 0 Å². The van der Waals surface area contributed by atoms with E-state index in [1.54, 1.807) is 19.1 Å². The monoisotopic (exact) mass is 394 g/mol. The number of benzene rings is 2. The first-order chi connectivity index (χ1) is 14.0. The van der Waals surface area contributed by atoms with Crippen molar-refractivity contribution in [3.63, 3.8) is 0 Å². The van der Waals surface area contributed by atoms with Gasteiger partial charge >= 0.3 is 0 Å². The van der Waals surface area contributed by atoms with Crippen molar-refractivity contribution in [3.05, 3.63) is 53.1 Å². The van der Waals surface area contributed by atoms with E-state index < -0.39 is 5.41 Å². The number of ether oxygens (including phenoxy) is 2. The number of fused-ring (bicyclic) bond motifs is 1. The lowest BCUT2D eigenvalue weighted by Crippen LogP contribution is -2.45. The molecule has 2 aliphatic rings. The van der Waals surface area contributed by atoms with Gasteiger partial charge in [0.2, 0.25) is 11.8 Å². The highest BCUT2D eigenvalue weighted by Gasteiger charge is 2.58. The second-order valence-corrected chi connectivity index (χ2v) is 7.80. The summed E-state index contributed by atoms with van der Waals surface area (Å²) in [6.45, 7) is 3.02. The maximum Gasteiger partial charge on any atom is 0.240 e. The quantitative estimate of drug-likeness (QED) is 0.790. The van der Waals surface area contributed by atoms with E-state index in [1.807, 2.05) is 43.3 Å². The van der Waals surface area contributed by atoms with Crippen molar-refractivity contribution < 1.29 is 19.1 Å². The summed E-state index contributed by atoms with van der Waals surface area (Å²) in [5.74, 6) is 1.07. The Hall–Kier alpha value is -3.02. The number of rotatable bonds is 5. The van der Waals surface area contributed by atoms with Crippen LogP contribution in [-0.2, 0) is 22.6 Å². The van der Waals surface area contributed by atoms with Gasteiger partial charge < -0.3 is 19.7 Å². The largest absolute Gasteiger partial charge is 0.493 e. The van der Waals surface area contributed by atoms with Crippen molar-refractivity contribution in [3.8, 4) is 11.5 Å². The van der Waals surface area contributed by atoms with Gasteiger partial charge in [0.1, 0.15) is 5.41 Å². The number of methoxy groups -OCH3 is 2. The van der Waals surface area contributed by atoms with Crippen molar-refractivity contribution in [1.82, 2.24) is 4.90 Å². The van der Waals surface area contributed by atoms with Crippen molar-refractivity contribution in [1.29, 1.82) is 0 Å². The predicted octanol–water partition coefficient (Wildman–Crippen LogP) is 3.32. The molecule has 1 saturated carbocycles. The molecule has 2 aromatic rings. The molecule has 1 aliphatic heterocycles. The number of carbonyl (C=O) groups is 2. The van der Waals surface area contributed by atoms with Crippen molar-refractivity contribution in [2.75, 3.05) is 26.1 Å². The minimum atomic E-state index is -0.934. The third-order valence-electron chi connectivity index (χ3n) is 5.99. The van der Waals surface area contributed by atoms with Gasteiger partial charge in [0.25, 0.3) is 0 Å². The van der Waals surface area contributed by atoms with Gasteiger partial charge in [-0.25, -0.2) is 0 Å². The molecule has 1 fully saturated rings. The lowest BCUT2D eigenvalue weighted by atomic mass is 9.96. The molecule has 0 aromatic heterocycles. The summed E-state index contributed by atoms with van der Waals surface area (Å²) >= 11 is 0. The Morgan fingerprint density at radius 3 is 2.31 bits per heavy atom. The summed E-state index contributed by atoms with van der Waals surface area (Å²) < 4.78 is 10.8. The molecule has 1 aliphatic carbocycles. The molecule has 152 valence electrons. The van der Waals surface area contributed by atoms with Crippen LogP contribution in [0.5, 0.6) is 11.5 Å². The molecule has 4 rings (SSSR count). The molecule has 0 atom stereocenters. The van der Waals surface area contributed by atoms with Gasteiger partial charge in [0, 0.05) is 18.8 Å². The normalized spacial score (nSPS) is 16.6. The van der Waals surface area contributed by atoms with Crippen LogP contribution in [0.2, 0.25) is 0 Å². The highest BCUT2D eigenvalue weighted by atomic mass is 16.5. The summed E-state index contributed by atoms with van der Waals surface area (Å²) in [7, 11) is 3.22. The number of anilines is 1. The predicted molar refractivity (Wildman–Crippen MR) is 110 cm³/mol. The minimum absolute atomic E-state index is 0.0796. The van der Waals surface area contributed by atoms with Crippen LogP contribution >= 0.6 is 0 Å². The molecule has 29 heavy (non-hydrogen) atoms. The number of hydrogen-bond acceptors (Lipinski definition) is 4. The van der Waals surface area contributed by atoms with E-state index in [1.165, 1.54) is 0 Å². The second kappa shape index (κ2) is 7.43. The van der Waals surface area contributed by atoms with E-state index in [2.05, 4.69) is 5.32 Å². The molecule has 0 bridgehead atoms. The molecule has 6 nitrogen and oxygen atoms in total. The van der Waals surface area contributed by atoms with Gasteiger partial charge in [0.05, 0.1) is 14.2 Å². The van der Waals surface area contributed by atoms with E-state index >= 15 is 0 Å². The molecule has 6 heteroatoms. The number of nitrogens with zero attached hydrogens (tertiary/aromatic N) is 1. The smallest absolute Gasteiger partial charge is 0.240 e. The summed E-state index contributed by atoms with van der Waals surface area (Å²) in [6.07, 6.45) is 1.93. The van der Waals surface area contributed by atoms with Crippen LogP contribution in [0, 0.1) is 12.3 Å². The number of carbonyl (C=O) groups excluding carboxylic acids is 2. The zero-order valence-electron chi connectivity index (χ0n) is 17.1. The number of amides is 2. The SMILES string of the molecule is COc1cc2c(cc1OC)CN(C(=O)C1(C(=O)Nc3ccccc3C)CC1)CC2. The first-order valence-electron chi connectivity index (χ1n) is 9.89. The first-order valence-corrected chi connectivity index (χ1v) is 9.89. The third kappa shape index (κ3) is 3.43. The molecule has 1 heterocycles. The van der Waals surface area contributed by atoms with E-state index in [-0.39, 0.29) is 11.8 Å². The van der Waals surface area contributed by atoms with Crippen LogP contribution in [0.25, 0.3) is 0 Å². The van der Waals surface area contributed by atoms with E-state index in [0.29, 0.717) is 37.4 Å². The maximum absolute atomic E-state index is 13.3. The third-order valence-corrected chi connectivity index (χ3v) is 5.99. The molecule has 0 spiro atoms. The minimum Gasteiger partial charge on any atom is -0.493 e. The van der Waals surface area contributed by atoms with E-state index in [0.717, 1.165) is 28.8 Å². The Balaban J connectivity index is 1.51. The topological polar surface area (TPSA) is 67.9 Å². The van der Waals surface area contributed by atoms with Crippen LogP contribution in [0.4, 0.5) is 5.69 Å². The first kappa shape index (κ1) is 19.3. The standard InChI is InChI=1S/C23H26N2O4/c1-15-6-4-5-7-18(15)24-21(26)23(9-10-23)22(27)25-11-8-16-12-19(28-2)20(29-3)13-17(16)14-25/h4-7,12-13H,8-11,14H2,1-3H3,(H,24,26). The van der Waals surface area contributed by atoms with Gasteiger partial charge in [-0.2, -0.15) is 0 Å². The summed E-state index contributed by atoms with van der Waals surface area (Å²) in [6, 6.07) is 11.5. The zero-order valence-corrected chi connectivity index (χ0v) is 17.1. The molecule has 0 saturated heterocycles.